The zero-order valence-electron chi connectivity index (χ0n) is 14.8. The molecule has 4 aromatic rings. The maximum Gasteiger partial charge on any atom is 0.416 e. The first-order chi connectivity index (χ1) is 13.9. The zero-order valence-corrected chi connectivity index (χ0v) is 15.6. The average Bonchev–Trinajstić information content (AvgIpc) is 3.12. The highest BCUT2D eigenvalue weighted by Crippen LogP contribution is 2.32. The molecule has 0 N–H and O–H groups in total. The maximum atomic E-state index is 12.8. The Morgan fingerprint density at radius 3 is 2.69 bits per heavy atom. The largest absolute Gasteiger partial charge is 0.426 e. The van der Waals surface area contributed by atoms with Crippen molar-refractivity contribution in [1.29, 1.82) is 0 Å². The van der Waals surface area contributed by atoms with Crippen molar-refractivity contribution in [3.8, 4) is 16.3 Å². The fraction of sp³-hybridized carbons (Fsp3) is 0.0952. The third kappa shape index (κ3) is 4.43. The number of carbonyl (C=O) groups is 1. The van der Waals surface area contributed by atoms with Gasteiger partial charge in [-0.25, -0.2) is 4.98 Å². The van der Waals surface area contributed by atoms with Gasteiger partial charge in [-0.2, -0.15) is 13.2 Å². The second-order valence-corrected chi connectivity index (χ2v) is 7.27. The molecule has 0 atom stereocenters. The van der Waals surface area contributed by atoms with Gasteiger partial charge < -0.3 is 4.74 Å². The lowest BCUT2D eigenvalue weighted by atomic mass is 10.1. The molecular formula is C21H13F3N2O2S. The van der Waals surface area contributed by atoms with Crippen LogP contribution in [0.15, 0.2) is 67.0 Å². The number of halogens is 3. The summed E-state index contributed by atoms with van der Waals surface area (Å²) in [5.74, 6) is -0.783. The average molecular weight is 414 g/mol. The Morgan fingerprint density at radius 2 is 1.90 bits per heavy atom. The van der Waals surface area contributed by atoms with Crippen LogP contribution >= 0.6 is 11.3 Å². The van der Waals surface area contributed by atoms with Gasteiger partial charge in [-0.3, -0.25) is 9.78 Å². The van der Waals surface area contributed by atoms with E-state index in [-0.39, 0.29) is 12.2 Å². The van der Waals surface area contributed by atoms with Gasteiger partial charge >= 0.3 is 12.1 Å². The summed E-state index contributed by atoms with van der Waals surface area (Å²) in [5, 5.41) is 0.793. The van der Waals surface area contributed by atoms with Crippen molar-refractivity contribution in [1.82, 2.24) is 9.97 Å². The molecule has 0 saturated heterocycles. The highest BCUT2D eigenvalue weighted by molar-refractivity contribution is 7.21. The monoisotopic (exact) mass is 414 g/mol. The molecule has 4 rings (SSSR count). The highest BCUT2D eigenvalue weighted by atomic mass is 32.1. The number of carbonyl (C=O) groups excluding carboxylic acids is 1. The standard InChI is InChI=1S/C21H13F3N2O2S/c22-21(23,24)15-5-2-6-16(11-15)28-19(27)10-13-3-1-4-14(9-13)20-26-17-7-8-25-12-18(17)29-20/h1-9,11-12H,10H2. The summed E-state index contributed by atoms with van der Waals surface area (Å²) in [6.07, 6.45) is -1.15. The van der Waals surface area contributed by atoms with E-state index < -0.39 is 17.7 Å². The number of thiazole rings is 1. The smallest absolute Gasteiger partial charge is 0.416 e. The van der Waals surface area contributed by atoms with Gasteiger partial charge in [-0.05, 0) is 35.9 Å². The number of rotatable bonds is 4. The third-order valence-corrected chi connectivity index (χ3v) is 5.16. The van der Waals surface area contributed by atoms with Gasteiger partial charge in [0.1, 0.15) is 10.8 Å². The molecule has 0 spiro atoms. The van der Waals surface area contributed by atoms with Crippen LogP contribution in [0.1, 0.15) is 11.1 Å². The Kier molecular flexibility index (Phi) is 5.02. The number of pyridine rings is 1. The summed E-state index contributed by atoms with van der Waals surface area (Å²) < 4.78 is 44.4. The Bertz CT molecular complexity index is 1150. The van der Waals surface area contributed by atoms with Gasteiger partial charge in [-0.15, -0.1) is 11.3 Å². The highest BCUT2D eigenvalue weighted by Gasteiger charge is 2.30. The Hall–Kier alpha value is -3.26. The number of esters is 1. The van der Waals surface area contributed by atoms with Crippen molar-refractivity contribution in [2.75, 3.05) is 0 Å². The van der Waals surface area contributed by atoms with E-state index >= 15 is 0 Å². The lowest BCUT2D eigenvalue weighted by Gasteiger charge is -2.09. The molecular weight excluding hydrogens is 401 g/mol. The zero-order chi connectivity index (χ0) is 20.4. The molecule has 0 amide bonds. The van der Waals surface area contributed by atoms with Gasteiger partial charge in [0.15, 0.2) is 0 Å². The number of fused-ring (bicyclic) bond motifs is 1. The minimum absolute atomic E-state index is 0.0729. The second kappa shape index (κ2) is 7.63. The van der Waals surface area contributed by atoms with Crippen LogP contribution in [0.25, 0.3) is 20.8 Å². The van der Waals surface area contributed by atoms with E-state index in [0.29, 0.717) is 5.56 Å². The lowest BCUT2D eigenvalue weighted by Crippen LogP contribution is -2.12. The summed E-state index contributed by atoms with van der Waals surface area (Å²) >= 11 is 1.49. The van der Waals surface area contributed by atoms with E-state index in [0.717, 1.165) is 32.9 Å². The van der Waals surface area contributed by atoms with Crippen LogP contribution in [0.2, 0.25) is 0 Å². The maximum absolute atomic E-state index is 12.8. The molecule has 0 bridgehead atoms. The van der Waals surface area contributed by atoms with Crippen LogP contribution in [0.5, 0.6) is 5.75 Å². The number of hydrogen-bond acceptors (Lipinski definition) is 5. The molecule has 0 saturated carbocycles. The number of aromatic nitrogens is 2. The third-order valence-electron chi connectivity index (χ3n) is 4.11. The predicted octanol–water partition coefficient (Wildman–Crippen LogP) is 5.53. The molecule has 8 heteroatoms. The normalized spacial score (nSPS) is 11.6. The van der Waals surface area contributed by atoms with E-state index in [2.05, 4.69) is 9.97 Å². The number of benzene rings is 2. The Labute approximate surface area is 167 Å². The van der Waals surface area contributed by atoms with Crippen LogP contribution < -0.4 is 4.74 Å². The summed E-state index contributed by atoms with van der Waals surface area (Å²) in [4.78, 5) is 20.8. The van der Waals surface area contributed by atoms with Crippen LogP contribution in [0.3, 0.4) is 0 Å². The van der Waals surface area contributed by atoms with Crippen LogP contribution in [0, 0.1) is 0 Å². The Morgan fingerprint density at radius 1 is 1.07 bits per heavy atom. The van der Waals surface area contributed by atoms with Gasteiger partial charge in [-0.1, -0.05) is 24.3 Å². The molecule has 0 aliphatic carbocycles. The van der Waals surface area contributed by atoms with Crippen molar-refractivity contribution >= 4 is 27.5 Å². The quantitative estimate of drug-likeness (QED) is 0.326. The van der Waals surface area contributed by atoms with Gasteiger partial charge in [0.25, 0.3) is 0 Å². The van der Waals surface area contributed by atoms with Crippen LogP contribution in [-0.4, -0.2) is 15.9 Å². The molecule has 2 aromatic carbocycles. The van der Waals surface area contributed by atoms with E-state index in [4.69, 9.17) is 4.74 Å². The Balaban J connectivity index is 1.50. The van der Waals surface area contributed by atoms with Crippen molar-refractivity contribution in [3.05, 3.63) is 78.1 Å². The van der Waals surface area contributed by atoms with Crippen molar-refractivity contribution in [2.24, 2.45) is 0 Å². The number of nitrogens with zero attached hydrogens (tertiary/aromatic N) is 2. The predicted molar refractivity (Wildman–Crippen MR) is 104 cm³/mol. The SMILES string of the molecule is O=C(Cc1cccc(-c2nc3ccncc3s2)c1)Oc1cccc(C(F)(F)F)c1. The summed E-state index contributed by atoms with van der Waals surface area (Å²) in [6, 6.07) is 13.3. The topological polar surface area (TPSA) is 52.1 Å². The van der Waals surface area contributed by atoms with Crippen LogP contribution in [-0.2, 0) is 17.4 Å². The molecule has 0 radical (unpaired) electrons. The molecule has 146 valence electrons. The van der Waals surface area contributed by atoms with Gasteiger partial charge in [0.2, 0.25) is 0 Å². The minimum Gasteiger partial charge on any atom is -0.426 e. The van der Waals surface area contributed by atoms with Crippen LogP contribution in [0.4, 0.5) is 13.2 Å². The molecule has 4 nitrogen and oxygen atoms in total. The first-order valence-corrected chi connectivity index (χ1v) is 9.38. The molecule has 2 aromatic heterocycles. The van der Waals surface area contributed by atoms with Crippen molar-refractivity contribution < 1.29 is 22.7 Å². The van der Waals surface area contributed by atoms with Gasteiger partial charge in [0, 0.05) is 18.0 Å². The molecule has 0 fully saturated rings. The molecule has 2 heterocycles. The molecule has 0 unspecified atom stereocenters. The molecule has 29 heavy (non-hydrogen) atoms. The fourth-order valence-corrected chi connectivity index (χ4v) is 3.72. The number of ether oxygens (including phenoxy) is 1. The fourth-order valence-electron chi connectivity index (χ4n) is 2.79. The van der Waals surface area contributed by atoms with E-state index in [9.17, 15) is 18.0 Å². The molecule has 0 aliphatic heterocycles. The number of alkyl halides is 3. The minimum atomic E-state index is -4.50. The second-order valence-electron chi connectivity index (χ2n) is 6.24. The number of hydrogen-bond donors (Lipinski definition) is 0. The first-order valence-electron chi connectivity index (χ1n) is 8.56. The van der Waals surface area contributed by atoms with E-state index in [1.807, 2.05) is 18.2 Å². The summed E-state index contributed by atoms with van der Waals surface area (Å²) in [6.45, 7) is 0. The lowest BCUT2D eigenvalue weighted by molar-refractivity contribution is -0.138. The van der Waals surface area contributed by atoms with E-state index in [1.165, 1.54) is 23.5 Å². The van der Waals surface area contributed by atoms with E-state index in [1.54, 1.807) is 24.5 Å². The first kappa shape index (κ1) is 19.1. The van der Waals surface area contributed by atoms with Crippen molar-refractivity contribution in [2.45, 2.75) is 12.6 Å². The molecule has 0 aliphatic rings. The summed E-state index contributed by atoms with van der Waals surface area (Å²) in [5.41, 5.74) is 1.50. The summed E-state index contributed by atoms with van der Waals surface area (Å²) in [7, 11) is 0. The van der Waals surface area contributed by atoms with Gasteiger partial charge in [0.05, 0.1) is 22.2 Å². The van der Waals surface area contributed by atoms with Crippen molar-refractivity contribution in [3.63, 3.8) is 0 Å².